The Balaban J connectivity index is 1.67. The molecule has 2 aliphatic rings. The fourth-order valence-corrected chi connectivity index (χ4v) is 4.58. The van der Waals surface area contributed by atoms with E-state index < -0.39 is 10.0 Å². The van der Waals surface area contributed by atoms with Gasteiger partial charge < -0.3 is 11.1 Å². The number of benzene rings is 1. The molecule has 126 valence electrons. The highest BCUT2D eigenvalue weighted by Crippen LogP contribution is 2.47. The predicted octanol–water partition coefficient (Wildman–Crippen LogP) is 0.885. The first-order chi connectivity index (χ1) is 10.8. The molecule has 23 heavy (non-hydrogen) atoms. The number of carbonyl (C=O) groups excluding carboxylic acids is 1. The van der Waals surface area contributed by atoms with E-state index in [0.717, 1.165) is 24.8 Å². The van der Waals surface area contributed by atoms with Crippen molar-refractivity contribution in [3.05, 3.63) is 29.8 Å². The van der Waals surface area contributed by atoms with Gasteiger partial charge in [-0.25, -0.2) is 13.6 Å². The second kappa shape index (κ2) is 5.89. The highest BCUT2D eigenvalue weighted by molar-refractivity contribution is 7.89. The maximum absolute atomic E-state index is 12.5. The first kappa shape index (κ1) is 16.4. The molecule has 7 heteroatoms. The molecular weight excluding hydrogens is 314 g/mol. The van der Waals surface area contributed by atoms with Crippen molar-refractivity contribution in [3.63, 3.8) is 0 Å². The van der Waals surface area contributed by atoms with E-state index in [4.69, 9.17) is 10.9 Å². The van der Waals surface area contributed by atoms with Crippen LogP contribution in [0.5, 0.6) is 0 Å². The second-order valence-electron chi connectivity index (χ2n) is 6.78. The molecule has 0 radical (unpaired) electrons. The van der Waals surface area contributed by atoms with Crippen LogP contribution in [0.4, 0.5) is 0 Å². The maximum Gasteiger partial charge on any atom is 0.238 e. The summed E-state index contributed by atoms with van der Waals surface area (Å²) in [5.74, 6) is 0.805. The summed E-state index contributed by atoms with van der Waals surface area (Å²) >= 11 is 0. The normalized spacial score (nSPS) is 31.1. The van der Waals surface area contributed by atoms with E-state index in [1.807, 2.05) is 6.92 Å². The molecule has 5 unspecified atom stereocenters. The third kappa shape index (κ3) is 3.13. The monoisotopic (exact) mass is 337 g/mol. The van der Waals surface area contributed by atoms with Gasteiger partial charge in [0.25, 0.3) is 0 Å². The molecule has 2 aliphatic carbocycles. The zero-order valence-electron chi connectivity index (χ0n) is 13.1. The van der Waals surface area contributed by atoms with Gasteiger partial charge in [-0.15, -0.1) is 0 Å². The Kier molecular flexibility index (Phi) is 4.20. The smallest absolute Gasteiger partial charge is 0.238 e. The Hall–Kier alpha value is -1.44. The van der Waals surface area contributed by atoms with Crippen LogP contribution in [0.1, 0.15) is 37.8 Å². The number of nitrogens with one attached hydrogen (secondary N) is 1. The lowest BCUT2D eigenvalue weighted by Crippen LogP contribution is -2.45. The van der Waals surface area contributed by atoms with Gasteiger partial charge >= 0.3 is 0 Å². The molecule has 5 atom stereocenters. The number of nitrogens with two attached hydrogens (primary N) is 2. The third-order valence-electron chi connectivity index (χ3n) is 5.35. The lowest BCUT2D eigenvalue weighted by Gasteiger charge is -2.28. The number of hydrogen-bond acceptors (Lipinski definition) is 4. The quantitative estimate of drug-likeness (QED) is 0.756. The molecule has 2 fully saturated rings. The first-order valence-corrected chi connectivity index (χ1v) is 9.50. The van der Waals surface area contributed by atoms with Crippen LogP contribution in [0.3, 0.4) is 0 Å². The average molecular weight is 337 g/mol. The molecule has 1 aromatic rings. The summed E-state index contributed by atoms with van der Waals surface area (Å²) in [5.41, 5.74) is 7.04. The second-order valence-corrected chi connectivity index (χ2v) is 8.34. The van der Waals surface area contributed by atoms with Crippen LogP contribution >= 0.6 is 0 Å². The molecule has 6 nitrogen and oxygen atoms in total. The molecule has 2 bridgehead atoms. The number of amides is 1. The fourth-order valence-electron chi connectivity index (χ4n) is 4.06. The summed E-state index contributed by atoms with van der Waals surface area (Å²) in [6.45, 7) is 1.88. The minimum Gasteiger partial charge on any atom is -0.349 e. The van der Waals surface area contributed by atoms with E-state index >= 15 is 0 Å². The number of primary sulfonamides is 1. The Morgan fingerprint density at radius 2 is 1.83 bits per heavy atom. The van der Waals surface area contributed by atoms with Crippen molar-refractivity contribution in [2.75, 3.05) is 0 Å². The summed E-state index contributed by atoms with van der Waals surface area (Å²) in [6, 6.07) is 6.01. The zero-order chi connectivity index (χ0) is 16.8. The Bertz CT molecular complexity index is 700. The number of hydrogen-bond donors (Lipinski definition) is 3. The average Bonchev–Trinajstić information content (AvgIpc) is 3.07. The number of sulfonamides is 1. The van der Waals surface area contributed by atoms with Gasteiger partial charge in [0.15, 0.2) is 0 Å². The topological polar surface area (TPSA) is 115 Å². The fraction of sp³-hybridized carbons (Fsp3) is 0.562. The van der Waals surface area contributed by atoms with Crippen molar-refractivity contribution in [1.82, 2.24) is 5.32 Å². The van der Waals surface area contributed by atoms with Gasteiger partial charge in [-0.1, -0.05) is 12.1 Å². The molecule has 0 heterocycles. The third-order valence-corrected chi connectivity index (χ3v) is 6.28. The summed E-state index contributed by atoms with van der Waals surface area (Å²) in [6.07, 6.45) is 3.30. The van der Waals surface area contributed by atoms with Gasteiger partial charge in [-0.2, -0.15) is 0 Å². The van der Waals surface area contributed by atoms with Crippen LogP contribution in [0.25, 0.3) is 0 Å². The summed E-state index contributed by atoms with van der Waals surface area (Å²) in [7, 11) is -3.70. The lowest BCUT2D eigenvalue weighted by atomic mass is 9.84. The van der Waals surface area contributed by atoms with Gasteiger partial charge in [0.05, 0.1) is 16.9 Å². The minimum absolute atomic E-state index is 0.00715. The lowest BCUT2D eigenvalue weighted by molar-refractivity contribution is -0.127. The van der Waals surface area contributed by atoms with E-state index in [0.29, 0.717) is 11.8 Å². The predicted molar refractivity (Wildman–Crippen MR) is 86.7 cm³/mol. The Morgan fingerprint density at radius 1 is 1.22 bits per heavy atom. The van der Waals surface area contributed by atoms with Crippen LogP contribution in [-0.2, 0) is 14.8 Å². The van der Waals surface area contributed by atoms with E-state index in [1.54, 1.807) is 12.1 Å². The van der Waals surface area contributed by atoms with Crippen LogP contribution < -0.4 is 16.2 Å². The van der Waals surface area contributed by atoms with Crippen molar-refractivity contribution in [2.24, 2.45) is 28.6 Å². The maximum atomic E-state index is 12.5. The van der Waals surface area contributed by atoms with Gasteiger partial charge in [0.1, 0.15) is 0 Å². The first-order valence-electron chi connectivity index (χ1n) is 7.96. The molecule has 2 saturated carbocycles. The van der Waals surface area contributed by atoms with Crippen LogP contribution in [0.15, 0.2) is 29.2 Å². The van der Waals surface area contributed by atoms with E-state index in [1.165, 1.54) is 12.1 Å². The number of rotatable bonds is 4. The SMILES string of the molecule is CC(NC(=O)C1C2CCC(C2)C1N)c1ccc(S(N)(=O)=O)cc1. The molecule has 5 N–H and O–H groups in total. The molecule has 3 rings (SSSR count). The summed E-state index contributed by atoms with van der Waals surface area (Å²) in [4.78, 5) is 12.6. The minimum atomic E-state index is -3.70. The molecule has 0 spiro atoms. The number of carbonyl (C=O) groups is 1. The Labute approximate surface area is 136 Å². The molecule has 1 aromatic carbocycles. The number of fused-ring (bicyclic) bond motifs is 2. The van der Waals surface area contributed by atoms with E-state index in [9.17, 15) is 13.2 Å². The van der Waals surface area contributed by atoms with E-state index in [-0.39, 0.29) is 28.8 Å². The van der Waals surface area contributed by atoms with Gasteiger partial charge in [0.2, 0.25) is 15.9 Å². The summed E-state index contributed by atoms with van der Waals surface area (Å²) < 4.78 is 22.5. The van der Waals surface area contributed by atoms with Crippen LogP contribution in [0, 0.1) is 17.8 Å². The zero-order valence-corrected chi connectivity index (χ0v) is 13.9. The van der Waals surface area contributed by atoms with Crippen molar-refractivity contribution in [3.8, 4) is 0 Å². The molecule has 0 saturated heterocycles. The van der Waals surface area contributed by atoms with Gasteiger partial charge in [0, 0.05) is 6.04 Å². The molecule has 0 aliphatic heterocycles. The van der Waals surface area contributed by atoms with Crippen molar-refractivity contribution in [2.45, 2.75) is 43.2 Å². The molecule has 0 aromatic heterocycles. The van der Waals surface area contributed by atoms with Crippen molar-refractivity contribution < 1.29 is 13.2 Å². The summed E-state index contributed by atoms with van der Waals surface area (Å²) in [5, 5.41) is 8.10. The highest BCUT2D eigenvalue weighted by Gasteiger charge is 2.49. The standard InChI is InChI=1S/C16H23N3O3S/c1-9(10-4-6-13(7-5-10)23(18,21)22)19-16(20)14-11-2-3-12(8-11)15(14)17/h4-7,9,11-12,14-15H,2-3,8,17H2,1H3,(H,19,20)(H2,18,21,22). The largest absolute Gasteiger partial charge is 0.349 e. The highest BCUT2D eigenvalue weighted by atomic mass is 32.2. The Morgan fingerprint density at radius 3 is 2.35 bits per heavy atom. The van der Waals surface area contributed by atoms with Gasteiger partial charge in [-0.05, 0) is 55.7 Å². The van der Waals surface area contributed by atoms with Crippen LogP contribution in [-0.4, -0.2) is 20.4 Å². The van der Waals surface area contributed by atoms with Gasteiger partial charge in [-0.3, -0.25) is 4.79 Å². The van der Waals surface area contributed by atoms with E-state index in [2.05, 4.69) is 5.32 Å². The van der Waals surface area contributed by atoms with Crippen LogP contribution in [0.2, 0.25) is 0 Å². The van der Waals surface area contributed by atoms with Crippen molar-refractivity contribution in [1.29, 1.82) is 0 Å². The molecular formula is C16H23N3O3S. The van der Waals surface area contributed by atoms with Crippen molar-refractivity contribution >= 4 is 15.9 Å². The molecule has 1 amide bonds.